The van der Waals surface area contributed by atoms with E-state index in [0.29, 0.717) is 12.5 Å². The Labute approximate surface area is 82.6 Å². The molecule has 0 radical (unpaired) electrons. The molecule has 0 bridgehead atoms. The number of hydrogen-bond acceptors (Lipinski definition) is 3. The number of rotatable bonds is 2. The van der Waals surface area contributed by atoms with Gasteiger partial charge in [0.05, 0.1) is 6.54 Å². The van der Waals surface area contributed by atoms with Crippen molar-refractivity contribution in [3.63, 3.8) is 0 Å². The number of nitrogens with two attached hydrogens (primary N) is 1. The summed E-state index contributed by atoms with van der Waals surface area (Å²) in [5.74, 6) is 0.285. The van der Waals surface area contributed by atoms with E-state index in [1.807, 2.05) is 0 Å². The topological polar surface area (TPSA) is 75.4 Å². The van der Waals surface area contributed by atoms with Crippen molar-refractivity contribution in [3.05, 3.63) is 0 Å². The molecule has 3 N–H and O–H groups in total. The van der Waals surface area contributed by atoms with Gasteiger partial charge in [-0.05, 0) is 25.2 Å². The summed E-state index contributed by atoms with van der Waals surface area (Å²) in [6.45, 7) is 0.690. The van der Waals surface area contributed by atoms with E-state index in [1.54, 1.807) is 0 Å². The van der Waals surface area contributed by atoms with Crippen LogP contribution < -0.4 is 11.1 Å². The fourth-order valence-corrected chi connectivity index (χ4v) is 2.18. The normalized spacial score (nSPS) is 32.5. The minimum absolute atomic E-state index is 0.115. The molecule has 2 rings (SSSR count). The number of nitrogens with zero attached hydrogens (tertiary/aromatic N) is 1. The second-order valence-electron chi connectivity index (χ2n) is 4.10. The van der Waals surface area contributed by atoms with E-state index in [4.69, 9.17) is 5.73 Å². The molecule has 0 aromatic rings. The van der Waals surface area contributed by atoms with Gasteiger partial charge in [-0.2, -0.15) is 0 Å². The van der Waals surface area contributed by atoms with Gasteiger partial charge in [0.2, 0.25) is 5.91 Å². The van der Waals surface area contributed by atoms with E-state index in [-0.39, 0.29) is 24.5 Å². The largest absolute Gasteiger partial charge is 0.329 e. The minimum atomic E-state index is -0.254. The van der Waals surface area contributed by atoms with Crippen LogP contribution in [0, 0.1) is 5.92 Å². The molecule has 3 amide bonds. The molecule has 1 heterocycles. The van der Waals surface area contributed by atoms with Crippen molar-refractivity contribution in [1.29, 1.82) is 0 Å². The fraction of sp³-hybridized carbons (Fsp3) is 0.778. The van der Waals surface area contributed by atoms with E-state index in [1.165, 1.54) is 4.90 Å². The predicted molar refractivity (Wildman–Crippen MR) is 50.4 cm³/mol. The molecule has 5 nitrogen and oxygen atoms in total. The maximum atomic E-state index is 11.3. The molecule has 0 aromatic carbocycles. The fourth-order valence-electron chi connectivity index (χ4n) is 2.18. The summed E-state index contributed by atoms with van der Waals surface area (Å²) in [4.78, 5) is 23.8. The highest BCUT2D eigenvalue weighted by Gasteiger charge is 2.32. The number of amides is 3. The van der Waals surface area contributed by atoms with Gasteiger partial charge in [-0.1, -0.05) is 0 Å². The molecule has 1 aliphatic heterocycles. The Morgan fingerprint density at radius 1 is 1.43 bits per heavy atom. The van der Waals surface area contributed by atoms with Crippen LogP contribution in [0.25, 0.3) is 0 Å². The number of urea groups is 1. The van der Waals surface area contributed by atoms with Gasteiger partial charge in [-0.3, -0.25) is 9.69 Å². The SMILES string of the molecule is NC1CCC(CN2C(=O)CNC2=O)C1. The smallest absolute Gasteiger partial charge is 0.324 e. The molecule has 78 valence electrons. The third-order valence-electron chi connectivity index (χ3n) is 2.96. The van der Waals surface area contributed by atoms with Crippen LogP contribution >= 0.6 is 0 Å². The molecule has 0 spiro atoms. The number of nitrogens with one attached hydrogen (secondary N) is 1. The second-order valence-corrected chi connectivity index (χ2v) is 4.10. The van der Waals surface area contributed by atoms with Crippen LogP contribution in [-0.2, 0) is 4.79 Å². The lowest BCUT2D eigenvalue weighted by molar-refractivity contribution is -0.125. The first-order valence-corrected chi connectivity index (χ1v) is 5.00. The van der Waals surface area contributed by atoms with Crippen molar-refractivity contribution < 1.29 is 9.59 Å². The molecule has 2 atom stereocenters. The Kier molecular flexibility index (Phi) is 2.41. The summed E-state index contributed by atoms with van der Waals surface area (Å²) in [6.07, 6.45) is 2.96. The highest BCUT2D eigenvalue weighted by Crippen LogP contribution is 2.25. The average molecular weight is 197 g/mol. The molecule has 2 unspecified atom stereocenters. The van der Waals surface area contributed by atoms with Gasteiger partial charge in [0.25, 0.3) is 0 Å². The zero-order valence-corrected chi connectivity index (χ0v) is 8.03. The van der Waals surface area contributed by atoms with Gasteiger partial charge < -0.3 is 11.1 Å². The van der Waals surface area contributed by atoms with Crippen molar-refractivity contribution in [2.75, 3.05) is 13.1 Å². The Morgan fingerprint density at radius 2 is 2.21 bits per heavy atom. The molecule has 1 saturated carbocycles. The van der Waals surface area contributed by atoms with Gasteiger partial charge in [0, 0.05) is 12.6 Å². The Morgan fingerprint density at radius 3 is 2.71 bits per heavy atom. The summed E-state index contributed by atoms with van der Waals surface area (Å²) in [6, 6.07) is -0.00348. The minimum Gasteiger partial charge on any atom is -0.329 e. The summed E-state index contributed by atoms with van der Waals surface area (Å²) in [7, 11) is 0. The lowest BCUT2D eigenvalue weighted by atomic mass is 10.1. The first kappa shape index (κ1) is 9.45. The van der Waals surface area contributed by atoms with Crippen LogP contribution in [0.1, 0.15) is 19.3 Å². The van der Waals surface area contributed by atoms with Gasteiger partial charge in [0.1, 0.15) is 0 Å². The summed E-state index contributed by atoms with van der Waals surface area (Å²) < 4.78 is 0. The summed E-state index contributed by atoms with van der Waals surface area (Å²) in [5.41, 5.74) is 5.76. The Hall–Kier alpha value is -1.10. The van der Waals surface area contributed by atoms with E-state index in [0.717, 1.165) is 19.3 Å². The van der Waals surface area contributed by atoms with Crippen molar-refractivity contribution >= 4 is 11.9 Å². The van der Waals surface area contributed by atoms with Gasteiger partial charge in [-0.25, -0.2) is 4.79 Å². The highest BCUT2D eigenvalue weighted by atomic mass is 16.2. The third-order valence-corrected chi connectivity index (χ3v) is 2.96. The van der Waals surface area contributed by atoms with Crippen LogP contribution in [0.5, 0.6) is 0 Å². The maximum absolute atomic E-state index is 11.3. The third kappa shape index (κ3) is 1.72. The van der Waals surface area contributed by atoms with Crippen LogP contribution in [0.4, 0.5) is 4.79 Å². The maximum Gasteiger partial charge on any atom is 0.324 e. The highest BCUT2D eigenvalue weighted by molar-refractivity contribution is 6.01. The number of carbonyl (C=O) groups excluding carboxylic acids is 2. The lowest BCUT2D eigenvalue weighted by Gasteiger charge is -2.17. The van der Waals surface area contributed by atoms with E-state index >= 15 is 0 Å². The van der Waals surface area contributed by atoms with Crippen LogP contribution in [0.15, 0.2) is 0 Å². The molecule has 2 fully saturated rings. The first-order valence-electron chi connectivity index (χ1n) is 5.00. The van der Waals surface area contributed by atoms with E-state index in [9.17, 15) is 9.59 Å². The molecule has 14 heavy (non-hydrogen) atoms. The molecule has 2 aliphatic rings. The quantitative estimate of drug-likeness (QED) is 0.595. The standard InChI is InChI=1S/C9H15N3O2/c10-7-2-1-6(3-7)5-12-8(13)4-11-9(12)14/h6-7H,1-5,10H2,(H,11,14). The van der Waals surface area contributed by atoms with Gasteiger partial charge in [-0.15, -0.1) is 0 Å². The molecular weight excluding hydrogens is 182 g/mol. The Balaban J connectivity index is 1.90. The van der Waals surface area contributed by atoms with Gasteiger partial charge >= 0.3 is 6.03 Å². The van der Waals surface area contributed by atoms with Crippen molar-refractivity contribution in [2.45, 2.75) is 25.3 Å². The van der Waals surface area contributed by atoms with Crippen molar-refractivity contribution in [3.8, 4) is 0 Å². The molecule has 1 saturated heterocycles. The molecule has 0 aromatic heterocycles. The van der Waals surface area contributed by atoms with E-state index < -0.39 is 0 Å². The monoisotopic (exact) mass is 197 g/mol. The average Bonchev–Trinajstić information content (AvgIpc) is 2.67. The zero-order chi connectivity index (χ0) is 10.1. The lowest BCUT2D eigenvalue weighted by Crippen LogP contribution is -2.35. The molecular formula is C9H15N3O2. The first-order chi connectivity index (χ1) is 6.66. The second kappa shape index (κ2) is 3.57. The molecule has 1 aliphatic carbocycles. The van der Waals surface area contributed by atoms with Crippen molar-refractivity contribution in [2.24, 2.45) is 11.7 Å². The van der Waals surface area contributed by atoms with Crippen LogP contribution in [0.3, 0.4) is 0 Å². The van der Waals surface area contributed by atoms with Crippen LogP contribution in [-0.4, -0.2) is 36.0 Å². The van der Waals surface area contributed by atoms with Crippen LogP contribution in [0.2, 0.25) is 0 Å². The summed E-state index contributed by atoms with van der Waals surface area (Å²) >= 11 is 0. The summed E-state index contributed by atoms with van der Waals surface area (Å²) in [5, 5.41) is 2.51. The van der Waals surface area contributed by atoms with Gasteiger partial charge in [0.15, 0.2) is 0 Å². The van der Waals surface area contributed by atoms with E-state index in [2.05, 4.69) is 5.32 Å². The zero-order valence-electron chi connectivity index (χ0n) is 8.03. The number of hydrogen-bond donors (Lipinski definition) is 2. The Bertz CT molecular complexity index is 251. The predicted octanol–water partition coefficient (Wildman–Crippen LogP) is -0.334. The molecule has 5 heteroatoms. The van der Waals surface area contributed by atoms with Crippen molar-refractivity contribution in [1.82, 2.24) is 10.2 Å². The number of imide groups is 1. The number of carbonyl (C=O) groups is 2.